The van der Waals surface area contributed by atoms with Crippen molar-refractivity contribution in [1.82, 2.24) is 0 Å². The molecule has 2 amide bonds. The predicted octanol–water partition coefficient (Wildman–Crippen LogP) is 4.21. The Balaban J connectivity index is 1.43. The van der Waals surface area contributed by atoms with Gasteiger partial charge in [-0.05, 0) is 23.8 Å². The molecular formula is C25H22N2O4. The summed E-state index contributed by atoms with van der Waals surface area (Å²) in [5.74, 6) is 0.109. The van der Waals surface area contributed by atoms with Crippen LogP contribution in [0.2, 0.25) is 0 Å². The SMILES string of the molecule is O=C(CCC(=O)c1ccccc1)Nc1ccc2c(c1)N(Cc1ccccc1)C(=O)CO2. The maximum atomic E-state index is 12.5. The van der Waals surface area contributed by atoms with Crippen LogP contribution >= 0.6 is 0 Å². The summed E-state index contributed by atoms with van der Waals surface area (Å²) in [6.07, 6.45) is 0.205. The number of ether oxygens (including phenoxy) is 1. The van der Waals surface area contributed by atoms with E-state index in [4.69, 9.17) is 4.74 Å². The number of amides is 2. The molecule has 6 nitrogen and oxygen atoms in total. The maximum absolute atomic E-state index is 12.5. The lowest BCUT2D eigenvalue weighted by Gasteiger charge is -2.30. The van der Waals surface area contributed by atoms with Crippen LogP contribution in [0.15, 0.2) is 78.9 Å². The number of hydrogen-bond donors (Lipinski definition) is 1. The molecule has 31 heavy (non-hydrogen) atoms. The number of ketones is 1. The van der Waals surface area contributed by atoms with Gasteiger partial charge in [-0.1, -0.05) is 60.7 Å². The predicted molar refractivity (Wildman–Crippen MR) is 118 cm³/mol. The van der Waals surface area contributed by atoms with Crippen LogP contribution in [-0.4, -0.2) is 24.2 Å². The van der Waals surface area contributed by atoms with E-state index in [9.17, 15) is 14.4 Å². The highest BCUT2D eigenvalue weighted by molar-refractivity contribution is 6.01. The number of nitrogens with zero attached hydrogens (tertiary/aromatic N) is 1. The van der Waals surface area contributed by atoms with E-state index in [-0.39, 0.29) is 37.0 Å². The molecule has 1 aliphatic rings. The van der Waals surface area contributed by atoms with Crippen LogP contribution in [0.25, 0.3) is 0 Å². The van der Waals surface area contributed by atoms with E-state index < -0.39 is 0 Å². The molecule has 0 spiro atoms. The van der Waals surface area contributed by atoms with Crippen LogP contribution in [0.5, 0.6) is 5.75 Å². The van der Waals surface area contributed by atoms with Gasteiger partial charge in [-0.15, -0.1) is 0 Å². The monoisotopic (exact) mass is 414 g/mol. The molecular weight excluding hydrogens is 392 g/mol. The highest BCUT2D eigenvalue weighted by Gasteiger charge is 2.26. The molecule has 0 unspecified atom stereocenters. The largest absolute Gasteiger partial charge is 0.482 e. The Morgan fingerprint density at radius 3 is 2.35 bits per heavy atom. The zero-order chi connectivity index (χ0) is 21.6. The number of hydrogen-bond acceptors (Lipinski definition) is 4. The first-order valence-corrected chi connectivity index (χ1v) is 10.1. The standard InChI is InChI=1S/C25H22N2O4/c28-22(19-9-5-2-6-10-19)12-14-24(29)26-20-11-13-23-21(15-20)27(25(30)17-31-23)16-18-7-3-1-4-8-18/h1-11,13,15H,12,14,16-17H2,(H,26,29). The summed E-state index contributed by atoms with van der Waals surface area (Å²) in [4.78, 5) is 38.7. The summed E-state index contributed by atoms with van der Waals surface area (Å²) in [7, 11) is 0. The third-order valence-corrected chi connectivity index (χ3v) is 5.04. The minimum absolute atomic E-state index is 0.0207. The van der Waals surface area contributed by atoms with Gasteiger partial charge in [0.1, 0.15) is 5.75 Å². The van der Waals surface area contributed by atoms with Crippen molar-refractivity contribution in [3.8, 4) is 5.75 Å². The molecule has 0 aromatic heterocycles. The molecule has 1 heterocycles. The number of carbonyl (C=O) groups is 3. The lowest BCUT2D eigenvalue weighted by atomic mass is 10.1. The van der Waals surface area contributed by atoms with Crippen molar-refractivity contribution in [2.24, 2.45) is 0 Å². The molecule has 4 rings (SSSR count). The Labute approximate surface area is 180 Å². The highest BCUT2D eigenvalue weighted by atomic mass is 16.5. The fourth-order valence-electron chi connectivity index (χ4n) is 3.44. The molecule has 1 aliphatic heterocycles. The first-order chi connectivity index (χ1) is 15.1. The smallest absolute Gasteiger partial charge is 0.265 e. The third-order valence-electron chi connectivity index (χ3n) is 5.04. The van der Waals surface area contributed by atoms with Gasteiger partial charge in [0.05, 0.1) is 12.2 Å². The molecule has 0 saturated heterocycles. The Morgan fingerprint density at radius 2 is 1.61 bits per heavy atom. The number of benzene rings is 3. The maximum Gasteiger partial charge on any atom is 0.265 e. The molecule has 0 saturated carbocycles. The lowest BCUT2D eigenvalue weighted by molar-refractivity contribution is -0.121. The van der Waals surface area contributed by atoms with Gasteiger partial charge < -0.3 is 15.0 Å². The summed E-state index contributed by atoms with van der Waals surface area (Å²) >= 11 is 0. The van der Waals surface area contributed by atoms with Gasteiger partial charge in [-0.2, -0.15) is 0 Å². The van der Waals surface area contributed by atoms with Crippen LogP contribution in [0, 0.1) is 0 Å². The molecule has 0 fully saturated rings. The number of carbonyl (C=O) groups excluding carboxylic acids is 3. The third kappa shape index (κ3) is 4.98. The van der Waals surface area contributed by atoms with Gasteiger partial charge in [0, 0.05) is 24.1 Å². The van der Waals surface area contributed by atoms with E-state index in [1.807, 2.05) is 36.4 Å². The average molecular weight is 414 g/mol. The van der Waals surface area contributed by atoms with Gasteiger partial charge in [0.15, 0.2) is 12.4 Å². The molecule has 156 valence electrons. The van der Waals surface area contributed by atoms with Crippen LogP contribution in [0.4, 0.5) is 11.4 Å². The fourth-order valence-corrected chi connectivity index (χ4v) is 3.44. The Hall–Kier alpha value is -3.93. The number of Topliss-reactive ketones (excluding diaryl/α,β-unsaturated/α-hetero) is 1. The Kier molecular flexibility index (Phi) is 6.08. The van der Waals surface area contributed by atoms with Crippen LogP contribution in [0.1, 0.15) is 28.8 Å². The van der Waals surface area contributed by atoms with E-state index >= 15 is 0 Å². The van der Waals surface area contributed by atoms with Crippen molar-refractivity contribution in [3.05, 3.63) is 90.0 Å². The molecule has 0 bridgehead atoms. The van der Waals surface area contributed by atoms with Crippen LogP contribution < -0.4 is 15.0 Å². The van der Waals surface area contributed by atoms with Gasteiger partial charge in [-0.3, -0.25) is 14.4 Å². The van der Waals surface area contributed by atoms with Crippen molar-refractivity contribution in [1.29, 1.82) is 0 Å². The second-order valence-electron chi connectivity index (χ2n) is 7.27. The zero-order valence-electron chi connectivity index (χ0n) is 16.9. The number of rotatable bonds is 7. The van der Waals surface area contributed by atoms with Crippen molar-refractivity contribution < 1.29 is 19.1 Å². The van der Waals surface area contributed by atoms with Crippen molar-refractivity contribution in [2.45, 2.75) is 19.4 Å². The number of fused-ring (bicyclic) bond motifs is 1. The topological polar surface area (TPSA) is 75.7 Å². The summed E-state index contributed by atoms with van der Waals surface area (Å²) in [6, 6.07) is 23.8. The van der Waals surface area contributed by atoms with Crippen LogP contribution in [-0.2, 0) is 16.1 Å². The summed E-state index contributed by atoms with van der Waals surface area (Å²) in [6.45, 7) is 0.395. The van der Waals surface area contributed by atoms with Gasteiger partial charge >= 0.3 is 0 Å². The number of nitrogens with one attached hydrogen (secondary N) is 1. The van der Waals surface area contributed by atoms with E-state index in [2.05, 4.69) is 5.32 Å². The summed E-state index contributed by atoms with van der Waals surface area (Å²) in [5.41, 5.74) is 2.75. The fraction of sp³-hybridized carbons (Fsp3) is 0.160. The summed E-state index contributed by atoms with van der Waals surface area (Å²) < 4.78 is 5.54. The zero-order valence-corrected chi connectivity index (χ0v) is 16.9. The van der Waals surface area contributed by atoms with E-state index in [0.29, 0.717) is 29.2 Å². The molecule has 1 N–H and O–H groups in total. The quantitative estimate of drug-likeness (QED) is 0.588. The van der Waals surface area contributed by atoms with E-state index in [0.717, 1.165) is 5.56 Å². The lowest BCUT2D eigenvalue weighted by Crippen LogP contribution is -2.38. The van der Waals surface area contributed by atoms with Crippen LogP contribution in [0.3, 0.4) is 0 Å². The molecule has 0 atom stereocenters. The van der Waals surface area contributed by atoms with Crippen molar-refractivity contribution >= 4 is 29.0 Å². The van der Waals surface area contributed by atoms with Crippen molar-refractivity contribution in [2.75, 3.05) is 16.8 Å². The molecule has 3 aromatic rings. The normalized spacial score (nSPS) is 12.6. The van der Waals surface area contributed by atoms with Crippen molar-refractivity contribution in [3.63, 3.8) is 0 Å². The summed E-state index contributed by atoms with van der Waals surface area (Å²) in [5, 5.41) is 2.81. The minimum Gasteiger partial charge on any atom is -0.482 e. The molecule has 3 aromatic carbocycles. The number of anilines is 2. The second-order valence-corrected chi connectivity index (χ2v) is 7.27. The van der Waals surface area contributed by atoms with Gasteiger partial charge in [-0.25, -0.2) is 0 Å². The van der Waals surface area contributed by atoms with E-state index in [1.165, 1.54) is 0 Å². The first kappa shape index (κ1) is 20.3. The minimum atomic E-state index is -0.262. The molecule has 0 aliphatic carbocycles. The first-order valence-electron chi connectivity index (χ1n) is 10.1. The van der Waals surface area contributed by atoms with E-state index in [1.54, 1.807) is 47.4 Å². The Morgan fingerprint density at radius 1 is 0.903 bits per heavy atom. The Bertz CT molecular complexity index is 1100. The van der Waals surface area contributed by atoms with Gasteiger partial charge in [0.2, 0.25) is 5.91 Å². The average Bonchev–Trinajstić information content (AvgIpc) is 2.81. The molecule has 6 heteroatoms. The van der Waals surface area contributed by atoms with Gasteiger partial charge in [0.25, 0.3) is 5.91 Å². The highest BCUT2D eigenvalue weighted by Crippen LogP contribution is 2.35. The second kappa shape index (κ2) is 9.26. The molecule has 0 radical (unpaired) electrons.